The predicted molar refractivity (Wildman–Crippen MR) is 62.8 cm³/mol. The normalized spacial score (nSPS) is 18.2. The fourth-order valence-corrected chi connectivity index (χ4v) is 1.72. The van der Waals surface area contributed by atoms with Crippen molar-refractivity contribution in [1.82, 2.24) is 0 Å². The third kappa shape index (κ3) is 1.72. The molecule has 2 rings (SSSR count). The molecule has 0 spiro atoms. The van der Waals surface area contributed by atoms with Crippen LogP contribution >= 0.6 is 0 Å². The van der Waals surface area contributed by atoms with Crippen molar-refractivity contribution >= 4 is 11.8 Å². The molecule has 4 heteroatoms. The lowest BCUT2D eigenvalue weighted by atomic mass is 10.0. The van der Waals surface area contributed by atoms with Crippen LogP contribution in [-0.4, -0.2) is 25.6 Å². The Morgan fingerprint density at radius 1 is 1.19 bits per heavy atom. The maximum Gasteiger partial charge on any atom is 0.162 e. The summed E-state index contributed by atoms with van der Waals surface area (Å²) in [7, 11) is 3.19. The molecule has 1 aromatic rings. The monoisotopic (exact) mass is 221 g/mol. The molecule has 0 aliphatic carbocycles. The third-order valence-electron chi connectivity index (χ3n) is 2.66. The number of hydrogen-bond acceptors (Lipinski definition) is 4. The van der Waals surface area contributed by atoms with Crippen LogP contribution in [-0.2, 0) is 0 Å². The highest BCUT2D eigenvalue weighted by molar-refractivity contribution is 5.76. The molecule has 1 aliphatic heterocycles. The number of methoxy groups -OCH3 is 2. The van der Waals surface area contributed by atoms with E-state index in [2.05, 4.69) is 5.32 Å². The number of ether oxygens (including phenoxy) is 2. The summed E-state index contributed by atoms with van der Waals surface area (Å²) < 4.78 is 10.4. The number of nitrogens with one attached hydrogen (secondary N) is 1. The second-order valence-electron chi connectivity index (χ2n) is 3.73. The average molecular weight is 221 g/mol. The van der Waals surface area contributed by atoms with Crippen LogP contribution < -0.4 is 14.8 Å². The molecule has 0 fully saturated rings. The van der Waals surface area contributed by atoms with Gasteiger partial charge in [-0.3, -0.25) is 0 Å². The number of aliphatic hydroxyl groups is 1. The van der Waals surface area contributed by atoms with E-state index < -0.39 is 6.23 Å². The van der Waals surface area contributed by atoms with Crippen molar-refractivity contribution in [1.29, 1.82) is 0 Å². The standard InChI is InChI=1S/C12H15NO3/c1-7-4-8-5-10(15-2)11(16-3)6-9(8)13-12(7)14/h4-6,12-14H,1-3H3. The highest BCUT2D eigenvalue weighted by Crippen LogP contribution is 2.36. The van der Waals surface area contributed by atoms with Gasteiger partial charge in [-0.15, -0.1) is 0 Å². The quantitative estimate of drug-likeness (QED) is 0.800. The third-order valence-corrected chi connectivity index (χ3v) is 2.66. The molecule has 1 aromatic carbocycles. The minimum atomic E-state index is -0.634. The van der Waals surface area contributed by atoms with Crippen molar-refractivity contribution in [3.05, 3.63) is 23.3 Å². The second kappa shape index (κ2) is 4.06. The summed E-state index contributed by atoms with van der Waals surface area (Å²) in [6.07, 6.45) is 1.30. The smallest absolute Gasteiger partial charge is 0.162 e. The summed E-state index contributed by atoms with van der Waals surface area (Å²) in [5.74, 6) is 1.33. The first kappa shape index (κ1) is 10.8. The molecule has 1 aliphatic rings. The van der Waals surface area contributed by atoms with Gasteiger partial charge in [-0.2, -0.15) is 0 Å². The Balaban J connectivity index is 2.51. The number of benzene rings is 1. The van der Waals surface area contributed by atoms with Crippen LogP contribution in [0, 0.1) is 0 Å². The molecule has 1 unspecified atom stereocenters. The lowest BCUT2D eigenvalue weighted by Crippen LogP contribution is -2.23. The minimum Gasteiger partial charge on any atom is -0.493 e. The number of hydrogen-bond donors (Lipinski definition) is 2. The summed E-state index contributed by atoms with van der Waals surface area (Å²) in [6, 6.07) is 3.71. The molecular weight excluding hydrogens is 206 g/mol. The Morgan fingerprint density at radius 2 is 1.81 bits per heavy atom. The maximum atomic E-state index is 9.66. The minimum absolute atomic E-state index is 0.634. The zero-order valence-corrected chi connectivity index (χ0v) is 9.57. The fourth-order valence-electron chi connectivity index (χ4n) is 1.72. The van der Waals surface area contributed by atoms with Crippen LogP contribution in [0.2, 0.25) is 0 Å². The van der Waals surface area contributed by atoms with Crippen LogP contribution in [0.25, 0.3) is 6.08 Å². The van der Waals surface area contributed by atoms with Crippen LogP contribution in [0.4, 0.5) is 5.69 Å². The van der Waals surface area contributed by atoms with Gasteiger partial charge in [0, 0.05) is 17.3 Å². The maximum absolute atomic E-state index is 9.66. The van der Waals surface area contributed by atoms with Crippen molar-refractivity contribution in [2.24, 2.45) is 0 Å². The summed E-state index contributed by atoms with van der Waals surface area (Å²) in [6.45, 7) is 1.87. The van der Waals surface area contributed by atoms with E-state index >= 15 is 0 Å². The Kier molecular flexibility index (Phi) is 2.75. The Labute approximate surface area is 94.5 Å². The van der Waals surface area contributed by atoms with Gasteiger partial charge in [-0.05, 0) is 24.6 Å². The van der Waals surface area contributed by atoms with Gasteiger partial charge in [0.2, 0.25) is 0 Å². The molecule has 1 atom stereocenters. The van der Waals surface area contributed by atoms with E-state index in [1.807, 2.05) is 25.1 Å². The van der Waals surface area contributed by atoms with E-state index in [4.69, 9.17) is 9.47 Å². The van der Waals surface area contributed by atoms with Gasteiger partial charge < -0.3 is 19.9 Å². The zero-order valence-electron chi connectivity index (χ0n) is 9.57. The molecule has 0 bridgehead atoms. The molecular formula is C12H15NO3. The van der Waals surface area contributed by atoms with Crippen molar-refractivity contribution < 1.29 is 14.6 Å². The fraction of sp³-hybridized carbons (Fsp3) is 0.333. The molecule has 2 N–H and O–H groups in total. The van der Waals surface area contributed by atoms with Crippen molar-refractivity contribution in [3.63, 3.8) is 0 Å². The lowest BCUT2D eigenvalue weighted by molar-refractivity contribution is 0.240. The van der Waals surface area contributed by atoms with Crippen molar-refractivity contribution in [2.45, 2.75) is 13.2 Å². The van der Waals surface area contributed by atoms with Crippen LogP contribution in [0.1, 0.15) is 12.5 Å². The highest BCUT2D eigenvalue weighted by atomic mass is 16.5. The van der Waals surface area contributed by atoms with E-state index in [0.717, 1.165) is 16.8 Å². The van der Waals surface area contributed by atoms with Gasteiger partial charge in [-0.1, -0.05) is 0 Å². The molecule has 0 radical (unpaired) electrons. The number of rotatable bonds is 2. The first-order chi connectivity index (χ1) is 7.65. The van der Waals surface area contributed by atoms with Gasteiger partial charge >= 0.3 is 0 Å². The summed E-state index contributed by atoms with van der Waals surface area (Å²) in [4.78, 5) is 0. The average Bonchev–Trinajstić information content (AvgIpc) is 2.29. The van der Waals surface area contributed by atoms with Gasteiger partial charge in [0.1, 0.15) is 6.23 Å². The van der Waals surface area contributed by atoms with Crippen LogP contribution in [0.15, 0.2) is 17.7 Å². The summed E-state index contributed by atoms with van der Waals surface area (Å²) in [5, 5.41) is 12.7. The molecule has 4 nitrogen and oxygen atoms in total. The van der Waals surface area contributed by atoms with E-state index in [-0.39, 0.29) is 0 Å². The molecule has 0 saturated carbocycles. The second-order valence-corrected chi connectivity index (χ2v) is 3.73. The molecule has 16 heavy (non-hydrogen) atoms. The van der Waals surface area contributed by atoms with E-state index in [0.29, 0.717) is 11.5 Å². The van der Waals surface area contributed by atoms with Crippen molar-refractivity contribution in [3.8, 4) is 11.5 Å². The first-order valence-electron chi connectivity index (χ1n) is 5.04. The Hall–Kier alpha value is -1.68. The van der Waals surface area contributed by atoms with E-state index in [9.17, 15) is 5.11 Å². The Bertz CT molecular complexity index is 440. The largest absolute Gasteiger partial charge is 0.493 e. The van der Waals surface area contributed by atoms with Crippen LogP contribution in [0.3, 0.4) is 0 Å². The van der Waals surface area contributed by atoms with Crippen LogP contribution in [0.5, 0.6) is 11.5 Å². The van der Waals surface area contributed by atoms with Gasteiger partial charge in [0.05, 0.1) is 14.2 Å². The van der Waals surface area contributed by atoms with Gasteiger partial charge in [0.25, 0.3) is 0 Å². The number of aliphatic hydroxyl groups excluding tert-OH is 1. The predicted octanol–water partition coefficient (Wildman–Crippen LogP) is 1.85. The van der Waals surface area contributed by atoms with E-state index in [1.165, 1.54) is 0 Å². The SMILES string of the molecule is COc1cc2c(cc1OC)NC(O)C(C)=C2. The molecule has 0 amide bonds. The molecule has 1 heterocycles. The number of anilines is 1. The lowest BCUT2D eigenvalue weighted by Gasteiger charge is -2.23. The molecule has 0 saturated heterocycles. The zero-order chi connectivity index (χ0) is 11.7. The summed E-state index contributed by atoms with van der Waals surface area (Å²) >= 11 is 0. The first-order valence-corrected chi connectivity index (χ1v) is 5.04. The molecule has 86 valence electrons. The topological polar surface area (TPSA) is 50.7 Å². The molecule has 0 aromatic heterocycles. The number of fused-ring (bicyclic) bond motifs is 1. The van der Waals surface area contributed by atoms with Crippen molar-refractivity contribution in [2.75, 3.05) is 19.5 Å². The summed E-state index contributed by atoms with van der Waals surface area (Å²) in [5.41, 5.74) is 2.70. The van der Waals surface area contributed by atoms with Gasteiger partial charge in [-0.25, -0.2) is 0 Å². The highest BCUT2D eigenvalue weighted by Gasteiger charge is 2.17. The van der Waals surface area contributed by atoms with Gasteiger partial charge in [0.15, 0.2) is 11.5 Å². The Morgan fingerprint density at radius 3 is 2.44 bits per heavy atom. The van der Waals surface area contributed by atoms with E-state index in [1.54, 1.807) is 14.2 Å².